The van der Waals surface area contributed by atoms with Gasteiger partial charge >= 0.3 is 12.1 Å². The molecule has 186 valence electrons. The van der Waals surface area contributed by atoms with E-state index in [1.54, 1.807) is 42.5 Å². The van der Waals surface area contributed by atoms with E-state index >= 15 is 0 Å². The minimum absolute atomic E-state index is 0.0555. The average Bonchev–Trinajstić information content (AvgIpc) is 2.83. The number of halogens is 1. The van der Waals surface area contributed by atoms with Gasteiger partial charge in [0.2, 0.25) is 0 Å². The normalized spacial score (nSPS) is 15.6. The molecule has 0 aromatic heterocycles. The van der Waals surface area contributed by atoms with Crippen molar-refractivity contribution in [2.45, 2.75) is 39.2 Å². The van der Waals surface area contributed by atoms with Crippen molar-refractivity contribution in [3.05, 3.63) is 58.0 Å². The number of carbonyl (C=O) groups is 3. The number of nitrogens with zero attached hydrogens (tertiary/aromatic N) is 3. The van der Waals surface area contributed by atoms with Gasteiger partial charge in [0.05, 0.1) is 26.2 Å². The summed E-state index contributed by atoms with van der Waals surface area (Å²) in [7, 11) is 1.51. The van der Waals surface area contributed by atoms with Gasteiger partial charge in [-0.1, -0.05) is 23.7 Å². The number of anilines is 1. The van der Waals surface area contributed by atoms with Gasteiger partial charge < -0.3 is 14.8 Å². The van der Waals surface area contributed by atoms with Crippen molar-refractivity contribution < 1.29 is 23.9 Å². The molecule has 2 aromatic carbocycles. The van der Waals surface area contributed by atoms with Crippen LogP contribution in [0.3, 0.4) is 0 Å². The van der Waals surface area contributed by atoms with Crippen LogP contribution in [-0.2, 0) is 11.3 Å². The van der Waals surface area contributed by atoms with Gasteiger partial charge in [0.1, 0.15) is 0 Å². The summed E-state index contributed by atoms with van der Waals surface area (Å²) in [5, 5.41) is 8.69. The number of hydrogen-bond donors (Lipinski definition) is 2. The Morgan fingerprint density at radius 2 is 1.89 bits per heavy atom. The second kappa shape index (κ2) is 11.5. The number of nitroso groups, excluding NO2 is 1. The van der Waals surface area contributed by atoms with E-state index in [-0.39, 0.29) is 25.6 Å². The Morgan fingerprint density at radius 3 is 2.51 bits per heavy atom. The summed E-state index contributed by atoms with van der Waals surface area (Å²) in [5.41, 5.74) is 1.32. The van der Waals surface area contributed by atoms with Crippen molar-refractivity contribution >= 4 is 35.3 Å². The first-order valence-electron chi connectivity index (χ1n) is 10.8. The first-order valence-corrected chi connectivity index (χ1v) is 11.2. The summed E-state index contributed by atoms with van der Waals surface area (Å²) in [5.74, 6) is 0.0725. The third kappa shape index (κ3) is 6.60. The Bertz CT molecular complexity index is 1090. The van der Waals surface area contributed by atoms with Gasteiger partial charge in [-0.2, -0.15) is 0 Å². The largest absolute Gasteiger partial charge is 0.493 e. The smallest absolute Gasteiger partial charge is 0.331 e. The highest BCUT2D eigenvalue weighted by molar-refractivity contribution is 6.30. The van der Waals surface area contributed by atoms with Gasteiger partial charge in [-0.05, 0) is 43.7 Å². The predicted molar refractivity (Wildman–Crippen MR) is 129 cm³/mol. The van der Waals surface area contributed by atoms with Crippen LogP contribution in [-0.4, -0.2) is 53.8 Å². The lowest BCUT2D eigenvalue weighted by Crippen LogP contribution is -2.67. The number of nitrogens with one attached hydrogen (secondary N) is 2. The molecule has 0 saturated carbocycles. The van der Waals surface area contributed by atoms with Crippen molar-refractivity contribution in [3.8, 4) is 11.5 Å². The molecule has 1 saturated heterocycles. The van der Waals surface area contributed by atoms with Crippen molar-refractivity contribution in [1.29, 1.82) is 0 Å². The van der Waals surface area contributed by atoms with Crippen LogP contribution in [0.4, 0.5) is 15.3 Å². The summed E-state index contributed by atoms with van der Waals surface area (Å²) < 4.78 is 11.1. The highest BCUT2D eigenvalue weighted by Crippen LogP contribution is 2.31. The van der Waals surface area contributed by atoms with Crippen molar-refractivity contribution in [2.75, 3.05) is 19.0 Å². The molecule has 1 unspecified atom stereocenters. The summed E-state index contributed by atoms with van der Waals surface area (Å²) in [6.45, 7) is 3.63. The van der Waals surface area contributed by atoms with E-state index in [1.165, 1.54) is 12.0 Å². The van der Waals surface area contributed by atoms with E-state index in [1.807, 2.05) is 13.8 Å². The molecule has 12 heteroatoms. The maximum absolute atomic E-state index is 13.3. The Morgan fingerprint density at radius 1 is 1.17 bits per heavy atom. The van der Waals surface area contributed by atoms with E-state index < -0.39 is 24.3 Å². The number of amides is 5. The molecule has 1 aliphatic rings. The van der Waals surface area contributed by atoms with Crippen LogP contribution >= 0.6 is 11.6 Å². The van der Waals surface area contributed by atoms with Crippen LogP contribution in [0.25, 0.3) is 0 Å². The highest BCUT2D eigenvalue weighted by Gasteiger charge is 2.38. The SMILES string of the molecule is COc1cc(NC2NC(=O)N(CCC(=O)N=O)C(=O)N2Cc2ccc(Cl)cc2)ccc1OC(C)C. The second-order valence-corrected chi connectivity index (χ2v) is 8.39. The Balaban J connectivity index is 1.86. The van der Waals surface area contributed by atoms with Crippen molar-refractivity contribution in [1.82, 2.24) is 15.1 Å². The van der Waals surface area contributed by atoms with Crippen LogP contribution in [0, 0.1) is 4.91 Å². The van der Waals surface area contributed by atoms with Gasteiger partial charge in [0.25, 0.3) is 5.91 Å². The third-order valence-electron chi connectivity index (χ3n) is 5.04. The van der Waals surface area contributed by atoms with Gasteiger partial charge in [0.15, 0.2) is 17.8 Å². The summed E-state index contributed by atoms with van der Waals surface area (Å²) in [6, 6.07) is 10.7. The molecule has 3 rings (SSSR count). The zero-order chi connectivity index (χ0) is 25.5. The predicted octanol–water partition coefficient (Wildman–Crippen LogP) is 4.16. The van der Waals surface area contributed by atoms with Gasteiger partial charge in [-0.15, -0.1) is 4.91 Å². The molecule has 2 N–H and O–H groups in total. The molecule has 11 nitrogen and oxygen atoms in total. The maximum Gasteiger partial charge on any atom is 0.331 e. The molecule has 1 aliphatic heterocycles. The molecule has 1 fully saturated rings. The van der Waals surface area contributed by atoms with Crippen LogP contribution in [0.5, 0.6) is 11.5 Å². The van der Waals surface area contributed by atoms with Crippen LogP contribution in [0.1, 0.15) is 25.8 Å². The molecule has 2 aromatic rings. The van der Waals surface area contributed by atoms with Crippen molar-refractivity contribution in [3.63, 3.8) is 0 Å². The summed E-state index contributed by atoms with van der Waals surface area (Å²) in [6.07, 6.45) is -1.35. The van der Waals surface area contributed by atoms with Crippen LogP contribution in [0.2, 0.25) is 5.02 Å². The van der Waals surface area contributed by atoms with E-state index in [2.05, 4.69) is 15.8 Å². The number of urea groups is 2. The van der Waals surface area contributed by atoms with Crippen LogP contribution < -0.4 is 20.1 Å². The lowest BCUT2D eigenvalue weighted by atomic mass is 10.2. The Hall–Kier alpha value is -3.86. The molecule has 5 amide bonds. The minimum Gasteiger partial charge on any atom is -0.493 e. The fourth-order valence-corrected chi connectivity index (χ4v) is 3.53. The standard InChI is InChI=1S/C23H26ClN5O6/c1-14(2)35-18-9-8-17(12-19(18)34-3)25-21-26-22(31)28(11-10-20(30)27-33)23(32)29(21)13-15-4-6-16(24)7-5-15/h4-9,12,14,21,25H,10-11,13H2,1-3H3,(H,26,31). The summed E-state index contributed by atoms with van der Waals surface area (Å²) >= 11 is 5.97. The zero-order valence-electron chi connectivity index (χ0n) is 19.5. The average molecular weight is 504 g/mol. The number of imide groups is 1. The first kappa shape index (κ1) is 25.8. The molecule has 35 heavy (non-hydrogen) atoms. The number of ether oxygens (including phenoxy) is 2. The fraction of sp³-hybridized carbons (Fsp3) is 0.348. The van der Waals surface area contributed by atoms with Gasteiger partial charge in [-0.25, -0.2) is 14.5 Å². The topological polar surface area (TPSA) is 130 Å². The third-order valence-corrected chi connectivity index (χ3v) is 5.29. The number of rotatable bonds is 10. The van der Waals surface area contributed by atoms with Gasteiger partial charge in [-0.3, -0.25) is 15.0 Å². The van der Waals surface area contributed by atoms with Crippen molar-refractivity contribution in [2.24, 2.45) is 5.18 Å². The summed E-state index contributed by atoms with van der Waals surface area (Å²) in [4.78, 5) is 49.9. The van der Waals surface area contributed by atoms with E-state index in [4.69, 9.17) is 21.1 Å². The monoisotopic (exact) mass is 503 g/mol. The number of hydrogen-bond acceptors (Lipinski definition) is 7. The van der Waals surface area contributed by atoms with E-state index in [0.29, 0.717) is 22.2 Å². The molecular formula is C23H26ClN5O6. The molecule has 0 aliphatic carbocycles. The Kier molecular flexibility index (Phi) is 8.48. The number of methoxy groups -OCH3 is 1. The Labute approximate surface area is 207 Å². The first-order chi connectivity index (χ1) is 16.7. The number of carbonyl (C=O) groups excluding carboxylic acids is 3. The van der Waals surface area contributed by atoms with E-state index in [0.717, 1.165) is 10.5 Å². The zero-order valence-corrected chi connectivity index (χ0v) is 20.2. The maximum atomic E-state index is 13.3. The number of benzene rings is 2. The van der Waals surface area contributed by atoms with E-state index in [9.17, 15) is 19.3 Å². The molecule has 0 radical (unpaired) electrons. The highest BCUT2D eigenvalue weighted by atomic mass is 35.5. The molecule has 0 spiro atoms. The molecule has 0 bridgehead atoms. The quantitative estimate of drug-likeness (QED) is 0.465. The minimum atomic E-state index is -0.953. The fourth-order valence-electron chi connectivity index (χ4n) is 3.40. The van der Waals surface area contributed by atoms with Gasteiger partial charge in [0, 0.05) is 28.5 Å². The van der Waals surface area contributed by atoms with Crippen LogP contribution in [0.15, 0.2) is 47.6 Å². The lowest BCUT2D eigenvalue weighted by molar-refractivity contribution is -0.118. The molecule has 1 heterocycles. The molecular weight excluding hydrogens is 478 g/mol. The second-order valence-electron chi connectivity index (χ2n) is 7.95. The lowest BCUT2D eigenvalue weighted by Gasteiger charge is -2.41. The molecule has 1 atom stereocenters.